The number of carboxylic acid groups (broad SMARTS) is 1. The van der Waals surface area contributed by atoms with Crippen molar-refractivity contribution >= 4 is 45.4 Å². The fourth-order valence-electron chi connectivity index (χ4n) is 4.47. The van der Waals surface area contributed by atoms with Gasteiger partial charge in [0.1, 0.15) is 0 Å². The third-order valence-corrected chi connectivity index (χ3v) is 7.39. The maximum atomic E-state index is 12.8. The Balaban J connectivity index is 1.25. The smallest absolute Gasteiger partial charge is 0.335 e. The Morgan fingerprint density at radius 1 is 0.949 bits per heavy atom. The molecule has 3 aromatic carbocycles. The summed E-state index contributed by atoms with van der Waals surface area (Å²) in [4.78, 5) is 33.2. The van der Waals surface area contributed by atoms with Gasteiger partial charge in [-0.05, 0) is 74.5 Å². The van der Waals surface area contributed by atoms with Crippen LogP contribution in [-0.2, 0) is 4.74 Å². The number of ether oxygens (including phenoxy) is 1. The van der Waals surface area contributed by atoms with Crippen LogP contribution in [0.1, 0.15) is 34.6 Å². The second-order valence-electron chi connectivity index (χ2n) is 9.51. The molecule has 8 nitrogen and oxygen atoms in total. The molecule has 1 fully saturated rings. The molecule has 0 saturated carbocycles. The molecule has 0 spiro atoms. The average molecular weight is 543 g/mol. The van der Waals surface area contributed by atoms with E-state index < -0.39 is 5.97 Å². The highest BCUT2D eigenvalue weighted by atomic mass is 32.1. The van der Waals surface area contributed by atoms with Crippen LogP contribution in [0.4, 0.5) is 22.2 Å². The standard InChI is InChI=1S/C30H30N4O4S/c1-20(2)34(26-13-7-23(8-14-26)29(36)37)30-32-27(19-39-30)21-3-9-24(10-4-21)31-28(35)22-5-11-25(12-6-22)33-15-17-38-18-16-33/h3-14,19-20H,15-18H2,1-2H3,(H,31,35)(H,36,37). The second kappa shape index (κ2) is 11.7. The number of carbonyl (C=O) groups excluding carboxylic acids is 1. The molecular formula is C30H30N4O4S. The zero-order chi connectivity index (χ0) is 27.4. The fraction of sp³-hybridized carbons (Fsp3) is 0.233. The zero-order valence-electron chi connectivity index (χ0n) is 21.8. The minimum atomic E-state index is -0.949. The van der Waals surface area contributed by atoms with E-state index in [1.807, 2.05) is 53.9 Å². The van der Waals surface area contributed by atoms with Crippen LogP contribution in [0.3, 0.4) is 0 Å². The molecule has 9 heteroatoms. The number of hydrogen-bond acceptors (Lipinski definition) is 7. The molecule has 1 saturated heterocycles. The number of amides is 1. The Morgan fingerprint density at radius 2 is 1.59 bits per heavy atom. The van der Waals surface area contributed by atoms with Crippen molar-refractivity contribution in [3.05, 3.63) is 89.3 Å². The van der Waals surface area contributed by atoms with Gasteiger partial charge in [-0.2, -0.15) is 0 Å². The molecule has 2 N–H and O–H groups in total. The lowest BCUT2D eigenvalue weighted by Crippen LogP contribution is -2.36. The summed E-state index contributed by atoms with van der Waals surface area (Å²) in [7, 11) is 0. The molecule has 4 aromatic rings. The second-order valence-corrected chi connectivity index (χ2v) is 10.3. The third kappa shape index (κ3) is 6.10. The predicted octanol–water partition coefficient (Wildman–Crippen LogP) is 6.14. The van der Waals surface area contributed by atoms with Gasteiger partial charge in [-0.1, -0.05) is 12.1 Å². The molecule has 200 valence electrons. The van der Waals surface area contributed by atoms with Gasteiger partial charge in [-0.15, -0.1) is 11.3 Å². The summed E-state index contributed by atoms with van der Waals surface area (Å²) < 4.78 is 5.41. The summed E-state index contributed by atoms with van der Waals surface area (Å²) in [6.45, 7) is 7.29. The Bertz CT molecular complexity index is 1430. The number of thiazole rings is 1. The highest BCUT2D eigenvalue weighted by molar-refractivity contribution is 7.14. The number of morpholine rings is 1. The van der Waals surface area contributed by atoms with Crippen molar-refractivity contribution in [1.29, 1.82) is 0 Å². The molecule has 0 aliphatic carbocycles. The summed E-state index contributed by atoms with van der Waals surface area (Å²) in [5, 5.41) is 15.0. The third-order valence-electron chi connectivity index (χ3n) is 6.55. The molecule has 0 bridgehead atoms. The van der Waals surface area contributed by atoms with E-state index >= 15 is 0 Å². The van der Waals surface area contributed by atoms with Crippen LogP contribution in [-0.4, -0.2) is 54.3 Å². The summed E-state index contributed by atoms with van der Waals surface area (Å²) >= 11 is 1.53. The summed E-state index contributed by atoms with van der Waals surface area (Å²) in [6.07, 6.45) is 0. The first kappa shape index (κ1) is 26.4. The van der Waals surface area contributed by atoms with Gasteiger partial charge in [0.05, 0.1) is 24.5 Å². The van der Waals surface area contributed by atoms with Crippen molar-refractivity contribution in [1.82, 2.24) is 4.98 Å². The predicted molar refractivity (Wildman–Crippen MR) is 156 cm³/mol. The fourth-order valence-corrected chi connectivity index (χ4v) is 5.46. The van der Waals surface area contributed by atoms with Crippen LogP contribution in [0.5, 0.6) is 0 Å². The largest absolute Gasteiger partial charge is 0.478 e. The Kier molecular flexibility index (Phi) is 7.90. The lowest BCUT2D eigenvalue weighted by atomic mass is 10.1. The zero-order valence-corrected chi connectivity index (χ0v) is 22.6. The van der Waals surface area contributed by atoms with E-state index in [-0.39, 0.29) is 17.5 Å². The first-order valence-corrected chi connectivity index (χ1v) is 13.7. The minimum Gasteiger partial charge on any atom is -0.478 e. The number of nitrogens with zero attached hydrogens (tertiary/aromatic N) is 3. The SMILES string of the molecule is CC(C)N(c1ccc(C(=O)O)cc1)c1nc(-c2ccc(NC(=O)c3ccc(N4CCOCC4)cc3)cc2)cs1. The van der Waals surface area contributed by atoms with E-state index in [2.05, 4.69) is 29.0 Å². The lowest BCUT2D eigenvalue weighted by molar-refractivity contribution is 0.0696. The number of aromatic carboxylic acids is 1. The van der Waals surface area contributed by atoms with E-state index in [0.29, 0.717) is 11.3 Å². The van der Waals surface area contributed by atoms with E-state index in [9.17, 15) is 14.7 Å². The van der Waals surface area contributed by atoms with Gasteiger partial charge in [0.15, 0.2) is 5.13 Å². The summed E-state index contributed by atoms with van der Waals surface area (Å²) in [5.74, 6) is -1.11. The van der Waals surface area contributed by atoms with Crippen LogP contribution in [0, 0.1) is 0 Å². The number of anilines is 4. The molecule has 2 heterocycles. The number of carbonyl (C=O) groups is 2. The summed E-state index contributed by atoms with van der Waals surface area (Å²) in [6, 6.07) is 22.2. The van der Waals surface area contributed by atoms with Gasteiger partial charge in [0, 0.05) is 52.7 Å². The molecule has 0 radical (unpaired) electrons. The van der Waals surface area contributed by atoms with Gasteiger partial charge in [-0.3, -0.25) is 4.79 Å². The molecule has 5 rings (SSSR count). The van der Waals surface area contributed by atoms with E-state index in [1.54, 1.807) is 24.3 Å². The molecule has 39 heavy (non-hydrogen) atoms. The number of rotatable bonds is 8. The average Bonchev–Trinajstić information content (AvgIpc) is 3.44. The minimum absolute atomic E-state index is 0.125. The molecule has 1 amide bonds. The topological polar surface area (TPSA) is 95.0 Å². The first-order valence-electron chi connectivity index (χ1n) is 12.8. The van der Waals surface area contributed by atoms with Crippen LogP contribution >= 0.6 is 11.3 Å². The molecular weight excluding hydrogens is 512 g/mol. The highest BCUT2D eigenvalue weighted by Crippen LogP contribution is 2.34. The number of hydrogen-bond donors (Lipinski definition) is 2. The molecule has 0 unspecified atom stereocenters. The van der Waals surface area contributed by atoms with E-state index in [1.165, 1.54) is 11.3 Å². The molecule has 1 aliphatic rings. The summed E-state index contributed by atoms with van der Waals surface area (Å²) in [5.41, 5.74) is 5.31. The Labute approximate surface area is 231 Å². The van der Waals surface area contributed by atoms with Crippen molar-refractivity contribution in [2.45, 2.75) is 19.9 Å². The van der Waals surface area contributed by atoms with E-state index in [4.69, 9.17) is 9.72 Å². The first-order chi connectivity index (χ1) is 18.9. The van der Waals surface area contributed by atoms with Gasteiger partial charge >= 0.3 is 5.97 Å². The van der Waals surface area contributed by atoms with Gasteiger partial charge in [0.25, 0.3) is 5.91 Å². The normalized spacial score (nSPS) is 13.4. The van der Waals surface area contributed by atoms with Crippen LogP contribution in [0.15, 0.2) is 78.2 Å². The maximum absolute atomic E-state index is 12.8. The van der Waals surface area contributed by atoms with Gasteiger partial charge < -0.3 is 25.0 Å². The number of benzene rings is 3. The molecule has 1 aliphatic heterocycles. The molecule has 0 atom stereocenters. The Hall–Kier alpha value is -4.21. The maximum Gasteiger partial charge on any atom is 0.335 e. The number of nitrogens with one attached hydrogen (secondary N) is 1. The van der Waals surface area contributed by atoms with E-state index in [0.717, 1.165) is 54.1 Å². The van der Waals surface area contributed by atoms with Crippen molar-refractivity contribution in [3.8, 4) is 11.3 Å². The lowest BCUT2D eigenvalue weighted by Gasteiger charge is -2.28. The van der Waals surface area contributed by atoms with Crippen molar-refractivity contribution in [2.24, 2.45) is 0 Å². The van der Waals surface area contributed by atoms with Crippen molar-refractivity contribution in [3.63, 3.8) is 0 Å². The highest BCUT2D eigenvalue weighted by Gasteiger charge is 2.18. The number of carboxylic acids is 1. The van der Waals surface area contributed by atoms with Crippen LogP contribution in [0.25, 0.3) is 11.3 Å². The van der Waals surface area contributed by atoms with Crippen LogP contribution < -0.4 is 15.1 Å². The van der Waals surface area contributed by atoms with Crippen LogP contribution in [0.2, 0.25) is 0 Å². The monoisotopic (exact) mass is 542 g/mol. The molecule has 1 aromatic heterocycles. The van der Waals surface area contributed by atoms with Crippen molar-refractivity contribution in [2.75, 3.05) is 41.4 Å². The quantitative estimate of drug-likeness (QED) is 0.276. The van der Waals surface area contributed by atoms with Crippen molar-refractivity contribution < 1.29 is 19.4 Å². The Morgan fingerprint density at radius 3 is 2.21 bits per heavy atom. The van der Waals surface area contributed by atoms with Gasteiger partial charge in [-0.25, -0.2) is 9.78 Å². The number of aromatic nitrogens is 1. The van der Waals surface area contributed by atoms with Gasteiger partial charge in [0.2, 0.25) is 0 Å².